The SMILES string of the molecule is Cc1noc(C)c1S(=O)(=O)NCCC(=O)N1CCCCCCCCN(Cc2ccccc2)c2ccccc2C1. The Morgan fingerprint density at radius 2 is 1.59 bits per heavy atom. The van der Waals surface area contributed by atoms with E-state index in [-0.39, 0.29) is 29.5 Å². The first kappa shape index (κ1) is 28.8. The highest BCUT2D eigenvalue weighted by atomic mass is 32.2. The second-order valence-electron chi connectivity index (χ2n) is 10.3. The molecule has 1 aliphatic heterocycles. The Morgan fingerprint density at radius 3 is 2.31 bits per heavy atom. The second-order valence-corrected chi connectivity index (χ2v) is 12.0. The summed E-state index contributed by atoms with van der Waals surface area (Å²) in [5, 5.41) is 3.74. The van der Waals surface area contributed by atoms with Gasteiger partial charge in [0.15, 0.2) is 5.76 Å². The van der Waals surface area contributed by atoms with Crippen molar-refractivity contribution in [1.29, 1.82) is 0 Å². The largest absolute Gasteiger partial charge is 0.367 e. The number of rotatable bonds is 7. The molecule has 3 aromatic rings. The lowest BCUT2D eigenvalue weighted by Gasteiger charge is -2.30. The molecule has 39 heavy (non-hydrogen) atoms. The Hall–Kier alpha value is -3.17. The van der Waals surface area contributed by atoms with E-state index < -0.39 is 10.0 Å². The summed E-state index contributed by atoms with van der Waals surface area (Å²) in [5.74, 6) is 0.178. The molecule has 1 aliphatic rings. The van der Waals surface area contributed by atoms with Gasteiger partial charge in [0.2, 0.25) is 15.9 Å². The molecule has 0 saturated heterocycles. The molecule has 0 bridgehead atoms. The number of para-hydroxylation sites is 1. The molecule has 210 valence electrons. The molecule has 0 spiro atoms. The second kappa shape index (κ2) is 13.8. The Labute approximate surface area is 232 Å². The number of hydrogen-bond donors (Lipinski definition) is 1. The standard InChI is InChI=1S/C30H40N4O4S/c1-24-30(25(2)38-32-24)39(36,37)31-19-18-29(35)34-21-13-6-4-3-5-12-20-33(22-26-14-8-7-9-15-26)28-17-11-10-16-27(28)23-34/h7-11,14-17,31H,3-6,12-13,18-23H2,1-2H3. The van der Waals surface area contributed by atoms with E-state index in [2.05, 4.69) is 57.2 Å². The van der Waals surface area contributed by atoms with E-state index >= 15 is 0 Å². The minimum Gasteiger partial charge on any atom is -0.367 e. The Bertz CT molecular complexity index is 1300. The number of carbonyl (C=O) groups excluding carboxylic acids is 1. The highest BCUT2D eigenvalue weighted by Crippen LogP contribution is 2.26. The van der Waals surface area contributed by atoms with Crippen LogP contribution in [-0.4, -0.2) is 44.0 Å². The summed E-state index contributed by atoms with van der Waals surface area (Å²) in [7, 11) is -3.81. The molecule has 0 saturated carbocycles. The molecular weight excluding hydrogens is 512 g/mol. The van der Waals surface area contributed by atoms with Crippen LogP contribution in [0.4, 0.5) is 5.69 Å². The number of carbonyl (C=O) groups is 1. The van der Waals surface area contributed by atoms with Gasteiger partial charge in [0.05, 0.1) is 0 Å². The maximum Gasteiger partial charge on any atom is 0.245 e. The monoisotopic (exact) mass is 552 g/mol. The molecule has 0 atom stereocenters. The van der Waals surface area contributed by atoms with Crippen molar-refractivity contribution in [3.05, 3.63) is 77.2 Å². The van der Waals surface area contributed by atoms with Crippen LogP contribution in [0, 0.1) is 13.8 Å². The van der Waals surface area contributed by atoms with Gasteiger partial charge in [0.25, 0.3) is 0 Å². The number of hydrogen-bond acceptors (Lipinski definition) is 6. The molecule has 2 heterocycles. The molecule has 8 nitrogen and oxygen atoms in total. The van der Waals surface area contributed by atoms with Crippen molar-refractivity contribution in [2.24, 2.45) is 0 Å². The minimum atomic E-state index is -3.81. The van der Waals surface area contributed by atoms with Crippen LogP contribution in [0.1, 0.15) is 67.5 Å². The Kier molecular flexibility index (Phi) is 10.2. The summed E-state index contributed by atoms with van der Waals surface area (Å²) in [6, 6.07) is 18.8. The molecule has 0 radical (unpaired) electrons. The fourth-order valence-electron chi connectivity index (χ4n) is 5.23. The summed E-state index contributed by atoms with van der Waals surface area (Å²) < 4.78 is 33.1. The first-order chi connectivity index (χ1) is 18.8. The van der Waals surface area contributed by atoms with Crippen molar-refractivity contribution in [3.63, 3.8) is 0 Å². The van der Waals surface area contributed by atoms with E-state index in [4.69, 9.17) is 4.52 Å². The van der Waals surface area contributed by atoms with Gasteiger partial charge >= 0.3 is 0 Å². The Balaban J connectivity index is 1.50. The molecule has 1 aromatic heterocycles. The van der Waals surface area contributed by atoms with E-state index in [1.165, 1.54) is 18.4 Å². The fraction of sp³-hybridized carbons (Fsp3) is 0.467. The average Bonchev–Trinajstić information content (AvgIpc) is 3.28. The summed E-state index contributed by atoms with van der Waals surface area (Å²) in [6.45, 7) is 6.10. The van der Waals surface area contributed by atoms with Crippen molar-refractivity contribution < 1.29 is 17.7 Å². The lowest BCUT2D eigenvalue weighted by Crippen LogP contribution is -2.35. The first-order valence-corrected chi connectivity index (χ1v) is 15.4. The molecule has 4 rings (SSSR count). The maximum atomic E-state index is 13.4. The number of aromatic nitrogens is 1. The lowest BCUT2D eigenvalue weighted by molar-refractivity contribution is -0.131. The quantitative estimate of drug-likeness (QED) is 0.425. The molecule has 1 amide bonds. The third-order valence-electron chi connectivity index (χ3n) is 7.24. The third kappa shape index (κ3) is 7.92. The highest BCUT2D eigenvalue weighted by Gasteiger charge is 2.25. The van der Waals surface area contributed by atoms with Crippen LogP contribution in [0.5, 0.6) is 0 Å². The van der Waals surface area contributed by atoms with E-state index in [1.54, 1.807) is 13.8 Å². The average molecular weight is 553 g/mol. The molecule has 9 heteroatoms. The number of aryl methyl sites for hydroxylation is 2. The molecule has 2 aromatic carbocycles. The van der Waals surface area contributed by atoms with Crippen LogP contribution in [0.25, 0.3) is 0 Å². The normalized spacial score (nSPS) is 15.6. The van der Waals surface area contributed by atoms with Gasteiger partial charge in [-0.3, -0.25) is 4.79 Å². The minimum absolute atomic E-state index is 0.0174. The van der Waals surface area contributed by atoms with Gasteiger partial charge < -0.3 is 14.3 Å². The van der Waals surface area contributed by atoms with Crippen LogP contribution in [0.2, 0.25) is 0 Å². The van der Waals surface area contributed by atoms with Crippen molar-refractivity contribution in [2.75, 3.05) is 24.5 Å². The van der Waals surface area contributed by atoms with Gasteiger partial charge in [-0.15, -0.1) is 0 Å². The predicted molar refractivity (Wildman–Crippen MR) is 153 cm³/mol. The van der Waals surface area contributed by atoms with Crippen molar-refractivity contribution >= 4 is 21.6 Å². The summed E-state index contributed by atoms with van der Waals surface area (Å²) >= 11 is 0. The van der Waals surface area contributed by atoms with Crippen molar-refractivity contribution in [1.82, 2.24) is 14.8 Å². The topological polar surface area (TPSA) is 95.8 Å². The highest BCUT2D eigenvalue weighted by molar-refractivity contribution is 7.89. The number of fused-ring (bicyclic) bond motifs is 1. The predicted octanol–water partition coefficient (Wildman–Crippen LogP) is 5.35. The zero-order valence-electron chi connectivity index (χ0n) is 23.1. The number of anilines is 1. The summed E-state index contributed by atoms with van der Waals surface area (Å²) in [5.41, 5.74) is 3.83. The van der Waals surface area contributed by atoms with Crippen LogP contribution < -0.4 is 9.62 Å². The van der Waals surface area contributed by atoms with E-state index in [0.29, 0.717) is 18.8 Å². The molecule has 1 N–H and O–H groups in total. The number of nitrogens with zero attached hydrogens (tertiary/aromatic N) is 3. The zero-order chi connectivity index (χ0) is 27.7. The summed E-state index contributed by atoms with van der Waals surface area (Å²) in [6.07, 6.45) is 6.78. The molecular formula is C30H40N4O4S. The van der Waals surface area contributed by atoms with Gasteiger partial charge in [-0.05, 0) is 43.9 Å². The van der Waals surface area contributed by atoms with Crippen LogP contribution in [-0.2, 0) is 27.9 Å². The van der Waals surface area contributed by atoms with Gasteiger partial charge in [0.1, 0.15) is 10.6 Å². The lowest BCUT2D eigenvalue weighted by atomic mass is 10.1. The summed E-state index contributed by atoms with van der Waals surface area (Å²) in [4.78, 5) is 17.8. The molecule has 0 aliphatic carbocycles. The maximum absolute atomic E-state index is 13.4. The smallest absolute Gasteiger partial charge is 0.245 e. The number of sulfonamides is 1. The van der Waals surface area contributed by atoms with E-state index in [1.807, 2.05) is 17.0 Å². The first-order valence-electron chi connectivity index (χ1n) is 13.9. The van der Waals surface area contributed by atoms with Crippen LogP contribution >= 0.6 is 0 Å². The van der Waals surface area contributed by atoms with E-state index in [0.717, 1.165) is 50.0 Å². The number of nitrogens with one attached hydrogen (secondary N) is 1. The number of benzene rings is 2. The van der Waals surface area contributed by atoms with Crippen molar-refractivity contribution in [3.8, 4) is 0 Å². The third-order valence-corrected chi connectivity index (χ3v) is 8.94. The van der Waals surface area contributed by atoms with Crippen molar-refractivity contribution in [2.45, 2.75) is 76.8 Å². The van der Waals surface area contributed by atoms with Gasteiger partial charge in [-0.2, -0.15) is 0 Å². The molecule has 0 unspecified atom stereocenters. The Morgan fingerprint density at radius 1 is 0.923 bits per heavy atom. The fourth-order valence-corrected chi connectivity index (χ4v) is 6.59. The van der Waals surface area contributed by atoms with Gasteiger partial charge in [0, 0.05) is 44.8 Å². The van der Waals surface area contributed by atoms with Gasteiger partial charge in [-0.25, -0.2) is 13.1 Å². The number of amides is 1. The zero-order valence-corrected chi connectivity index (χ0v) is 23.9. The molecule has 0 fully saturated rings. The van der Waals surface area contributed by atoms with Crippen LogP contribution in [0.15, 0.2) is 64.0 Å². The van der Waals surface area contributed by atoms with E-state index in [9.17, 15) is 13.2 Å². The van der Waals surface area contributed by atoms with Crippen LogP contribution in [0.3, 0.4) is 0 Å². The van der Waals surface area contributed by atoms with Gasteiger partial charge in [-0.1, -0.05) is 79.4 Å².